The van der Waals surface area contributed by atoms with Gasteiger partial charge in [-0.3, -0.25) is 4.90 Å². The fourth-order valence-corrected chi connectivity index (χ4v) is 1.12. The van der Waals surface area contributed by atoms with Gasteiger partial charge in [-0.15, -0.1) is 11.6 Å². The maximum Gasteiger partial charge on any atom is 0.251 e. The average Bonchev–Trinajstić information content (AvgIpc) is 1.99. The highest BCUT2D eigenvalue weighted by molar-refractivity contribution is 6.18. The van der Waals surface area contributed by atoms with Crippen LogP contribution in [0.15, 0.2) is 11.6 Å². The number of rotatable bonds is 6. The fraction of sp³-hybridized carbons (Fsp3) is 0.778. The van der Waals surface area contributed by atoms with Crippen molar-refractivity contribution >= 4 is 11.6 Å². The van der Waals surface area contributed by atoms with Crippen LogP contribution < -0.4 is 0 Å². The van der Waals surface area contributed by atoms with Crippen LogP contribution in [0.1, 0.15) is 13.8 Å². The molecule has 0 heterocycles. The van der Waals surface area contributed by atoms with Gasteiger partial charge in [-0.1, -0.05) is 11.6 Å². The van der Waals surface area contributed by atoms with Crippen molar-refractivity contribution in [3.8, 4) is 0 Å². The summed E-state index contributed by atoms with van der Waals surface area (Å²) in [5, 5.41) is 0. The molecule has 0 atom stereocenters. The molecule has 4 heteroatoms. The van der Waals surface area contributed by atoms with E-state index in [1.165, 1.54) is 0 Å². The number of nitrogens with zero attached hydrogens (tertiary/aromatic N) is 1. The van der Waals surface area contributed by atoms with E-state index in [1.54, 1.807) is 4.90 Å². The van der Waals surface area contributed by atoms with Gasteiger partial charge in [0, 0.05) is 19.0 Å². The van der Waals surface area contributed by atoms with Crippen LogP contribution in [-0.2, 0) is 0 Å². The Labute approximate surface area is 83.4 Å². The summed E-state index contributed by atoms with van der Waals surface area (Å²) >= 11 is 5.49. The van der Waals surface area contributed by atoms with Crippen molar-refractivity contribution in [3.63, 3.8) is 0 Å². The van der Waals surface area contributed by atoms with Crippen molar-refractivity contribution in [1.29, 1.82) is 0 Å². The van der Waals surface area contributed by atoms with Crippen LogP contribution in [0.4, 0.5) is 8.78 Å². The quantitative estimate of drug-likeness (QED) is 0.483. The SMILES string of the molecule is CC(C)=CCN(CCCl)CC(F)F. The highest BCUT2D eigenvalue weighted by Crippen LogP contribution is 2.00. The molecule has 0 spiro atoms. The first-order chi connectivity index (χ1) is 6.06. The zero-order chi connectivity index (χ0) is 10.3. The minimum Gasteiger partial charge on any atom is -0.293 e. The first-order valence-corrected chi connectivity index (χ1v) is 4.79. The van der Waals surface area contributed by atoms with Crippen LogP contribution in [-0.4, -0.2) is 36.8 Å². The first-order valence-electron chi connectivity index (χ1n) is 4.26. The van der Waals surface area contributed by atoms with Crippen molar-refractivity contribution in [1.82, 2.24) is 4.90 Å². The second-order valence-electron chi connectivity index (χ2n) is 3.12. The molecule has 78 valence electrons. The monoisotopic (exact) mass is 211 g/mol. The molecule has 1 nitrogen and oxygen atoms in total. The average molecular weight is 212 g/mol. The molecule has 0 saturated heterocycles. The number of hydrogen-bond acceptors (Lipinski definition) is 1. The van der Waals surface area contributed by atoms with Gasteiger partial charge in [-0.2, -0.15) is 0 Å². The van der Waals surface area contributed by atoms with E-state index in [4.69, 9.17) is 11.6 Å². The smallest absolute Gasteiger partial charge is 0.251 e. The molecule has 0 aromatic rings. The van der Waals surface area contributed by atoms with Crippen molar-refractivity contribution in [2.75, 3.05) is 25.5 Å². The van der Waals surface area contributed by atoms with Crippen molar-refractivity contribution in [2.24, 2.45) is 0 Å². The molecule has 0 aliphatic heterocycles. The maximum absolute atomic E-state index is 12.0. The molecule has 13 heavy (non-hydrogen) atoms. The molecule has 0 aromatic heterocycles. The van der Waals surface area contributed by atoms with Crippen LogP contribution in [0.2, 0.25) is 0 Å². The van der Waals surface area contributed by atoms with Gasteiger partial charge in [-0.25, -0.2) is 8.78 Å². The number of allylic oxidation sites excluding steroid dienone is 1. The second-order valence-corrected chi connectivity index (χ2v) is 3.50. The van der Waals surface area contributed by atoms with Crippen molar-refractivity contribution < 1.29 is 8.78 Å². The number of alkyl halides is 3. The van der Waals surface area contributed by atoms with Crippen LogP contribution >= 0.6 is 11.6 Å². The van der Waals surface area contributed by atoms with E-state index in [9.17, 15) is 8.78 Å². The van der Waals surface area contributed by atoms with E-state index in [-0.39, 0.29) is 6.54 Å². The Morgan fingerprint density at radius 1 is 1.46 bits per heavy atom. The summed E-state index contributed by atoms with van der Waals surface area (Å²) in [6.45, 7) is 4.76. The lowest BCUT2D eigenvalue weighted by atomic mass is 10.3. The Morgan fingerprint density at radius 2 is 2.08 bits per heavy atom. The molecular formula is C9H16ClF2N. The van der Waals surface area contributed by atoms with Gasteiger partial charge in [0.2, 0.25) is 0 Å². The molecule has 0 rings (SSSR count). The minimum atomic E-state index is -2.28. The van der Waals surface area contributed by atoms with Gasteiger partial charge in [-0.05, 0) is 13.8 Å². The third-order valence-corrected chi connectivity index (χ3v) is 1.72. The Hall–Kier alpha value is -0.150. The molecule has 0 bridgehead atoms. The Kier molecular flexibility index (Phi) is 7.19. The van der Waals surface area contributed by atoms with E-state index in [1.807, 2.05) is 19.9 Å². The zero-order valence-electron chi connectivity index (χ0n) is 8.06. The van der Waals surface area contributed by atoms with E-state index in [2.05, 4.69) is 0 Å². The summed E-state index contributed by atoms with van der Waals surface area (Å²) in [5.41, 5.74) is 1.13. The summed E-state index contributed by atoms with van der Waals surface area (Å²) in [4.78, 5) is 1.64. The van der Waals surface area contributed by atoms with Crippen LogP contribution in [0.3, 0.4) is 0 Å². The minimum absolute atomic E-state index is 0.198. The van der Waals surface area contributed by atoms with E-state index in [0.717, 1.165) is 5.57 Å². The fourth-order valence-electron chi connectivity index (χ4n) is 0.883. The maximum atomic E-state index is 12.0. The predicted octanol–water partition coefficient (Wildman–Crippen LogP) is 2.76. The Balaban J connectivity index is 3.86. The van der Waals surface area contributed by atoms with Gasteiger partial charge >= 0.3 is 0 Å². The molecular weight excluding hydrogens is 196 g/mol. The summed E-state index contributed by atoms with van der Waals surface area (Å²) < 4.78 is 24.1. The largest absolute Gasteiger partial charge is 0.293 e. The summed E-state index contributed by atoms with van der Waals surface area (Å²) in [6.07, 6.45) is -0.358. The topological polar surface area (TPSA) is 3.24 Å². The standard InChI is InChI=1S/C9H16ClF2N/c1-8(2)3-5-13(6-4-10)7-9(11)12/h3,9H,4-7H2,1-2H3. The molecule has 0 aliphatic carbocycles. The lowest BCUT2D eigenvalue weighted by Crippen LogP contribution is -2.31. The predicted molar refractivity (Wildman–Crippen MR) is 52.6 cm³/mol. The molecule has 0 saturated carbocycles. The third-order valence-electron chi connectivity index (χ3n) is 1.55. The molecule has 0 amide bonds. The van der Waals surface area contributed by atoms with Crippen LogP contribution in [0.5, 0.6) is 0 Å². The molecule has 0 fully saturated rings. The third kappa shape index (κ3) is 8.19. The van der Waals surface area contributed by atoms with E-state index in [0.29, 0.717) is 19.0 Å². The lowest BCUT2D eigenvalue weighted by molar-refractivity contribution is 0.0965. The first kappa shape index (κ1) is 12.8. The molecule has 0 aromatic carbocycles. The van der Waals surface area contributed by atoms with Gasteiger partial charge in [0.15, 0.2) is 0 Å². The molecule has 0 N–H and O–H groups in total. The van der Waals surface area contributed by atoms with Gasteiger partial charge in [0.25, 0.3) is 6.43 Å². The van der Waals surface area contributed by atoms with Crippen molar-refractivity contribution in [3.05, 3.63) is 11.6 Å². The summed E-state index contributed by atoms with van der Waals surface area (Å²) in [7, 11) is 0. The Bertz CT molecular complexity index is 156. The van der Waals surface area contributed by atoms with Gasteiger partial charge < -0.3 is 0 Å². The zero-order valence-corrected chi connectivity index (χ0v) is 8.82. The van der Waals surface area contributed by atoms with Gasteiger partial charge in [0.1, 0.15) is 0 Å². The van der Waals surface area contributed by atoms with Crippen LogP contribution in [0.25, 0.3) is 0 Å². The second kappa shape index (κ2) is 7.27. The van der Waals surface area contributed by atoms with E-state index < -0.39 is 6.43 Å². The number of halogens is 3. The molecule has 0 unspecified atom stereocenters. The highest BCUT2D eigenvalue weighted by atomic mass is 35.5. The van der Waals surface area contributed by atoms with E-state index >= 15 is 0 Å². The summed E-state index contributed by atoms with van der Waals surface area (Å²) in [5.74, 6) is 0.392. The normalized spacial score (nSPS) is 11.0. The van der Waals surface area contributed by atoms with Gasteiger partial charge in [0.05, 0.1) is 6.54 Å². The lowest BCUT2D eigenvalue weighted by Gasteiger charge is -2.18. The number of hydrogen-bond donors (Lipinski definition) is 0. The molecule has 0 radical (unpaired) electrons. The molecule has 0 aliphatic rings. The highest BCUT2D eigenvalue weighted by Gasteiger charge is 2.09. The van der Waals surface area contributed by atoms with Crippen LogP contribution in [0, 0.1) is 0 Å². The van der Waals surface area contributed by atoms with Crippen molar-refractivity contribution in [2.45, 2.75) is 20.3 Å². The summed E-state index contributed by atoms with van der Waals surface area (Å²) in [6, 6.07) is 0. The Morgan fingerprint density at radius 3 is 2.46 bits per heavy atom.